The van der Waals surface area contributed by atoms with E-state index in [0.29, 0.717) is 29.7 Å². The summed E-state index contributed by atoms with van der Waals surface area (Å²) < 4.78 is 12.1. The molecule has 7 atom stereocenters. The normalized spacial score (nSPS) is 39.4. The number of aliphatic hydroxyl groups excluding tert-OH is 1. The molecule has 0 radical (unpaired) electrons. The van der Waals surface area contributed by atoms with Crippen LogP contribution >= 0.6 is 0 Å². The third-order valence-corrected chi connectivity index (χ3v) is 12.0. The second-order valence-corrected chi connectivity index (χ2v) is 15.7. The number of methoxy groups -OCH3 is 1. The lowest BCUT2D eigenvalue weighted by Crippen LogP contribution is -2.66. The number of rotatable bonds is 9. The van der Waals surface area contributed by atoms with E-state index < -0.39 is 12.2 Å². The summed E-state index contributed by atoms with van der Waals surface area (Å²) in [5.41, 5.74) is 2.87. The van der Waals surface area contributed by atoms with Crippen LogP contribution in [-0.2, 0) is 12.0 Å². The molecule has 42 heavy (non-hydrogen) atoms. The first-order valence-corrected chi connectivity index (χ1v) is 16.5. The monoisotopic (exact) mass is 578 g/mol. The Labute approximate surface area is 251 Å². The summed E-state index contributed by atoms with van der Waals surface area (Å²) in [6, 6.07) is 4.23. The lowest BCUT2D eigenvalue weighted by molar-refractivity contribution is -0.152. The van der Waals surface area contributed by atoms with E-state index in [4.69, 9.17) is 9.47 Å². The number of hydrogen-bond donors (Lipinski definition) is 2. The van der Waals surface area contributed by atoms with E-state index in [9.17, 15) is 15.0 Å². The van der Waals surface area contributed by atoms with Crippen molar-refractivity contribution in [3.05, 3.63) is 35.4 Å². The van der Waals surface area contributed by atoms with Crippen molar-refractivity contribution in [1.29, 1.82) is 0 Å². The van der Waals surface area contributed by atoms with Gasteiger partial charge in [0.1, 0.15) is 6.10 Å². The molecule has 7 heteroatoms. The molecule has 5 aliphatic carbocycles. The van der Waals surface area contributed by atoms with Crippen LogP contribution in [0.5, 0.6) is 11.5 Å². The van der Waals surface area contributed by atoms with E-state index in [1.807, 2.05) is 17.0 Å². The molecule has 8 rings (SSSR count). The van der Waals surface area contributed by atoms with E-state index in [0.717, 1.165) is 82.5 Å². The Hall–Kier alpha value is -2.25. The predicted molar refractivity (Wildman–Crippen MR) is 162 cm³/mol. The highest BCUT2D eigenvalue weighted by molar-refractivity contribution is 5.66. The summed E-state index contributed by atoms with van der Waals surface area (Å²) in [6.45, 7) is 8.46. The number of unbranched alkanes of at least 4 members (excludes halogenated alkanes) is 3. The average molecular weight is 579 g/mol. The Morgan fingerprint density at radius 2 is 1.86 bits per heavy atom. The third kappa shape index (κ3) is 4.65. The molecule has 1 spiro atoms. The summed E-state index contributed by atoms with van der Waals surface area (Å²) in [5, 5.41) is 20.7. The highest BCUT2D eigenvalue weighted by Gasteiger charge is 2.62. The van der Waals surface area contributed by atoms with Gasteiger partial charge in [0.25, 0.3) is 0 Å². The average Bonchev–Trinajstić information content (AvgIpc) is 3.14. The Morgan fingerprint density at radius 3 is 2.57 bits per heavy atom. The minimum Gasteiger partial charge on any atom is -0.493 e. The Bertz CT molecular complexity index is 1240. The van der Waals surface area contributed by atoms with Crippen molar-refractivity contribution < 1.29 is 24.5 Å². The fourth-order valence-electron chi connectivity index (χ4n) is 11.4. The zero-order chi connectivity index (χ0) is 29.3. The maximum absolute atomic E-state index is 12.6. The van der Waals surface area contributed by atoms with Gasteiger partial charge in [-0.2, -0.15) is 0 Å². The zero-order valence-corrected chi connectivity index (χ0v) is 25.9. The number of nitrogens with zero attached hydrogens (tertiary/aromatic N) is 2. The zero-order valence-electron chi connectivity index (χ0n) is 25.9. The predicted octanol–water partition coefficient (Wildman–Crippen LogP) is 6.51. The van der Waals surface area contributed by atoms with Crippen LogP contribution in [0.25, 0.3) is 0 Å². The van der Waals surface area contributed by atoms with Gasteiger partial charge in [0.05, 0.1) is 18.6 Å². The number of ether oxygens (including phenoxy) is 2. The van der Waals surface area contributed by atoms with Crippen molar-refractivity contribution >= 4 is 6.09 Å². The van der Waals surface area contributed by atoms with E-state index in [1.165, 1.54) is 30.4 Å². The van der Waals surface area contributed by atoms with E-state index in [-0.39, 0.29) is 17.1 Å². The van der Waals surface area contributed by atoms with Crippen molar-refractivity contribution in [2.24, 2.45) is 16.7 Å². The lowest BCUT2D eigenvalue weighted by atomic mass is 9.42. The molecule has 1 aromatic rings. The Balaban J connectivity index is 0.954. The molecule has 7 nitrogen and oxygen atoms in total. The highest BCUT2D eigenvalue weighted by atomic mass is 16.5. The SMILES string of the molecule is COc1ccc2c3c1O[C@H]1C[C@@H](O)C=C[C@@]31CCN(CCCCCCN(C(=O)O)C13CC4C[C@@](C)(C1)C[C@](C)(C4)C3)C2. The van der Waals surface area contributed by atoms with Gasteiger partial charge in [-0.15, -0.1) is 0 Å². The van der Waals surface area contributed by atoms with Gasteiger partial charge in [0.15, 0.2) is 11.5 Å². The Morgan fingerprint density at radius 1 is 1.10 bits per heavy atom. The summed E-state index contributed by atoms with van der Waals surface area (Å²) in [4.78, 5) is 17.1. The molecule has 4 fully saturated rings. The van der Waals surface area contributed by atoms with Crippen molar-refractivity contribution in [1.82, 2.24) is 9.80 Å². The largest absolute Gasteiger partial charge is 0.493 e. The molecule has 4 saturated carbocycles. The van der Waals surface area contributed by atoms with Gasteiger partial charge >= 0.3 is 6.09 Å². The molecule has 4 bridgehead atoms. The maximum atomic E-state index is 12.6. The molecule has 2 aliphatic heterocycles. The van der Waals surface area contributed by atoms with Gasteiger partial charge in [-0.3, -0.25) is 4.90 Å². The first kappa shape index (κ1) is 28.5. The molecule has 0 saturated heterocycles. The van der Waals surface area contributed by atoms with Crippen LogP contribution in [0.1, 0.15) is 102 Å². The molecular formula is C35H50N2O5. The van der Waals surface area contributed by atoms with Gasteiger partial charge in [-0.05, 0) is 99.3 Å². The second kappa shape index (κ2) is 10.2. The fraction of sp³-hybridized carbons (Fsp3) is 0.743. The van der Waals surface area contributed by atoms with E-state index in [1.54, 1.807) is 7.11 Å². The first-order chi connectivity index (χ1) is 20.1. The molecule has 0 aromatic heterocycles. The lowest BCUT2D eigenvalue weighted by Gasteiger charge is -2.67. The van der Waals surface area contributed by atoms with Crippen molar-refractivity contribution in [2.75, 3.05) is 26.7 Å². The number of hydrogen-bond acceptors (Lipinski definition) is 5. The molecule has 7 aliphatic rings. The van der Waals surface area contributed by atoms with Crippen LogP contribution in [-0.4, -0.2) is 70.6 Å². The smallest absolute Gasteiger partial charge is 0.407 e. The molecule has 1 amide bonds. The quantitative estimate of drug-likeness (QED) is 0.257. The van der Waals surface area contributed by atoms with Crippen LogP contribution in [0.15, 0.2) is 24.3 Å². The fourth-order valence-corrected chi connectivity index (χ4v) is 11.4. The van der Waals surface area contributed by atoms with Crippen molar-refractivity contribution in [3.63, 3.8) is 0 Å². The molecular weight excluding hydrogens is 528 g/mol. The second-order valence-electron chi connectivity index (χ2n) is 15.7. The number of benzene rings is 1. The van der Waals surface area contributed by atoms with E-state index >= 15 is 0 Å². The van der Waals surface area contributed by atoms with Gasteiger partial charge in [-0.1, -0.05) is 44.9 Å². The summed E-state index contributed by atoms with van der Waals surface area (Å²) in [6.07, 6.45) is 15.9. The number of carboxylic acid groups (broad SMARTS) is 1. The molecule has 2 N–H and O–H groups in total. The third-order valence-electron chi connectivity index (χ3n) is 12.0. The van der Waals surface area contributed by atoms with Crippen molar-refractivity contribution in [2.45, 2.75) is 121 Å². The minimum atomic E-state index is -0.703. The maximum Gasteiger partial charge on any atom is 0.407 e. The van der Waals surface area contributed by atoms with E-state index in [2.05, 4.69) is 30.9 Å². The van der Waals surface area contributed by atoms with Gasteiger partial charge in [-0.25, -0.2) is 4.79 Å². The molecule has 230 valence electrons. The highest BCUT2D eigenvalue weighted by Crippen LogP contribution is 2.67. The van der Waals surface area contributed by atoms with Crippen LogP contribution in [0.4, 0.5) is 4.79 Å². The van der Waals surface area contributed by atoms with Crippen LogP contribution in [0.3, 0.4) is 0 Å². The first-order valence-electron chi connectivity index (χ1n) is 16.5. The minimum absolute atomic E-state index is 0.0566. The van der Waals surface area contributed by atoms with Gasteiger partial charge < -0.3 is 24.6 Å². The number of carbonyl (C=O) groups is 1. The van der Waals surface area contributed by atoms with Crippen LogP contribution < -0.4 is 9.47 Å². The molecule has 1 aromatic carbocycles. The number of amides is 1. The van der Waals surface area contributed by atoms with Crippen molar-refractivity contribution in [3.8, 4) is 11.5 Å². The molecule has 2 heterocycles. The standard InChI is InChI=1S/C35H50N2O5/c1-32-17-24-18-33(2,21-32)23-34(19-24,22-32)37(31(39)40)14-7-5-4-6-13-36-15-12-35-11-10-26(38)16-28(35)42-30-27(41-3)9-8-25(20-36)29(30)35/h8-11,24,26,28,38H,4-7,12-23H2,1-3H3,(H,39,40)/t24?,26-,28-,32-,33+,34?,35-/m0/s1. The summed E-state index contributed by atoms with van der Waals surface area (Å²) >= 11 is 0. The van der Waals surface area contributed by atoms with Gasteiger partial charge in [0.2, 0.25) is 0 Å². The van der Waals surface area contributed by atoms with Crippen LogP contribution in [0.2, 0.25) is 0 Å². The molecule has 2 unspecified atom stereocenters. The summed E-state index contributed by atoms with van der Waals surface area (Å²) in [7, 11) is 1.70. The summed E-state index contributed by atoms with van der Waals surface area (Å²) in [5.74, 6) is 2.35. The topological polar surface area (TPSA) is 82.5 Å². The Kier molecular flexibility index (Phi) is 6.89. The van der Waals surface area contributed by atoms with Gasteiger partial charge in [0, 0.05) is 30.6 Å². The van der Waals surface area contributed by atoms with Crippen LogP contribution in [0, 0.1) is 16.7 Å². The number of aliphatic hydroxyl groups is 1.